The van der Waals surface area contributed by atoms with Crippen molar-refractivity contribution in [1.29, 1.82) is 0 Å². The average molecular weight is 481 g/mol. The molecule has 0 heterocycles. The van der Waals surface area contributed by atoms with Crippen LogP contribution in [0, 0.1) is 21.0 Å². The number of ether oxygens (including phenoxy) is 1. The molecule has 0 atom stereocenters. The van der Waals surface area contributed by atoms with Gasteiger partial charge in [0.15, 0.2) is 11.6 Å². The summed E-state index contributed by atoms with van der Waals surface area (Å²) in [4.78, 5) is 16.7. The van der Waals surface area contributed by atoms with Crippen LogP contribution in [0.15, 0.2) is 24.3 Å². The van der Waals surface area contributed by atoms with E-state index in [2.05, 4.69) is 20.5 Å². The van der Waals surface area contributed by atoms with Crippen LogP contribution < -0.4 is 15.9 Å². The number of hydrogen-bond acceptors (Lipinski definition) is 6. The SMILES string of the molecule is CONN(C)c1cc(C(=O)OC)c(Nc2ccc(I)cc2F)c(F)c1F. The Morgan fingerprint density at radius 1 is 1.15 bits per heavy atom. The maximum Gasteiger partial charge on any atom is 0.340 e. The number of nitrogens with zero attached hydrogens (tertiary/aromatic N) is 1. The first kappa shape index (κ1) is 20.3. The van der Waals surface area contributed by atoms with Crippen LogP contribution in [0.4, 0.5) is 30.2 Å². The van der Waals surface area contributed by atoms with Gasteiger partial charge in [0.05, 0.1) is 36.8 Å². The molecule has 2 aromatic rings. The summed E-state index contributed by atoms with van der Waals surface area (Å²) in [6.45, 7) is 0. The number of halogens is 4. The third-order valence-electron chi connectivity index (χ3n) is 3.37. The van der Waals surface area contributed by atoms with Gasteiger partial charge in [-0.25, -0.2) is 18.0 Å². The van der Waals surface area contributed by atoms with Gasteiger partial charge < -0.3 is 10.1 Å². The molecule has 2 rings (SSSR count). The van der Waals surface area contributed by atoms with Crippen LogP contribution in [0.1, 0.15) is 10.4 Å². The van der Waals surface area contributed by atoms with Gasteiger partial charge in [-0.3, -0.25) is 9.85 Å². The molecule has 0 spiro atoms. The molecule has 10 heteroatoms. The first-order chi connectivity index (χ1) is 12.3. The van der Waals surface area contributed by atoms with Gasteiger partial charge in [0.2, 0.25) is 0 Å². The number of carbonyl (C=O) groups is 1. The van der Waals surface area contributed by atoms with Crippen LogP contribution in [0.25, 0.3) is 0 Å². The number of carbonyl (C=O) groups excluding carboxylic acids is 1. The van der Waals surface area contributed by atoms with Gasteiger partial charge in [-0.05, 0) is 46.9 Å². The molecule has 0 radical (unpaired) electrons. The molecule has 0 fully saturated rings. The predicted octanol–water partition coefficient (Wildman–Crippen LogP) is 3.74. The number of esters is 1. The minimum atomic E-state index is -1.37. The molecule has 140 valence electrons. The highest BCUT2D eigenvalue weighted by Gasteiger charge is 2.25. The quantitative estimate of drug-likeness (QED) is 0.373. The van der Waals surface area contributed by atoms with Gasteiger partial charge in [0.1, 0.15) is 5.82 Å². The summed E-state index contributed by atoms with van der Waals surface area (Å²) in [5, 5.41) is 3.45. The smallest absolute Gasteiger partial charge is 0.340 e. The predicted molar refractivity (Wildman–Crippen MR) is 98.6 cm³/mol. The van der Waals surface area contributed by atoms with E-state index in [1.165, 1.54) is 26.3 Å². The van der Waals surface area contributed by atoms with Crippen molar-refractivity contribution in [3.63, 3.8) is 0 Å². The van der Waals surface area contributed by atoms with Gasteiger partial charge in [-0.15, -0.1) is 5.59 Å². The maximum absolute atomic E-state index is 14.7. The number of benzene rings is 2. The zero-order valence-electron chi connectivity index (χ0n) is 14.0. The summed E-state index contributed by atoms with van der Waals surface area (Å²) in [6.07, 6.45) is 0. The molecule has 0 aliphatic rings. The van der Waals surface area contributed by atoms with Gasteiger partial charge in [0, 0.05) is 10.6 Å². The lowest BCUT2D eigenvalue weighted by molar-refractivity contribution is 0.0601. The van der Waals surface area contributed by atoms with Crippen molar-refractivity contribution < 1.29 is 27.5 Å². The van der Waals surface area contributed by atoms with Crippen LogP contribution in [0.3, 0.4) is 0 Å². The fraction of sp³-hybridized carbons (Fsp3) is 0.188. The lowest BCUT2D eigenvalue weighted by Gasteiger charge is -2.22. The molecule has 0 amide bonds. The van der Waals surface area contributed by atoms with E-state index in [0.29, 0.717) is 3.57 Å². The molecule has 0 bridgehead atoms. The van der Waals surface area contributed by atoms with E-state index in [9.17, 15) is 18.0 Å². The Hall–Kier alpha value is -2.05. The zero-order valence-corrected chi connectivity index (χ0v) is 16.2. The highest BCUT2D eigenvalue weighted by Crippen LogP contribution is 2.33. The van der Waals surface area contributed by atoms with E-state index in [-0.39, 0.29) is 16.9 Å². The van der Waals surface area contributed by atoms with Crippen molar-refractivity contribution in [2.75, 3.05) is 31.6 Å². The molecule has 0 saturated heterocycles. The van der Waals surface area contributed by atoms with Crippen LogP contribution in [0.5, 0.6) is 0 Å². The van der Waals surface area contributed by atoms with Crippen LogP contribution in [-0.4, -0.2) is 27.2 Å². The van der Waals surface area contributed by atoms with Gasteiger partial charge >= 0.3 is 5.97 Å². The van der Waals surface area contributed by atoms with Crippen LogP contribution in [-0.2, 0) is 9.57 Å². The molecule has 2 N–H and O–H groups in total. The second-order valence-corrected chi connectivity index (χ2v) is 6.29. The summed E-state index contributed by atoms with van der Waals surface area (Å²) in [5.41, 5.74) is 1.01. The first-order valence-corrected chi connectivity index (χ1v) is 8.22. The maximum atomic E-state index is 14.7. The lowest BCUT2D eigenvalue weighted by Crippen LogP contribution is -2.34. The largest absolute Gasteiger partial charge is 0.465 e. The van der Waals surface area contributed by atoms with Crippen LogP contribution >= 0.6 is 22.6 Å². The van der Waals surface area contributed by atoms with Crippen molar-refractivity contribution in [1.82, 2.24) is 5.59 Å². The van der Waals surface area contributed by atoms with Crippen molar-refractivity contribution in [2.45, 2.75) is 0 Å². The summed E-state index contributed by atoms with van der Waals surface area (Å²) in [6, 6.07) is 5.19. The molecule has 26 heavy (non-hydrogen) atoms. The fourth-order valence-electron chi connectivity index (χ4n) is 2.16. The Morgan fingerprint density at radius 3 is 2.42 bits per heavy atom. The second-order valence-electron chi connectivity index (χ2n) is 5.04. The Bertz CT molecular complexity index is 836. The van der Waals surface area contributed by atoms with E-state index in [4.69, 9.17) is 0 Å². The highest BCUT2D eigenvalue weighted by molar-refractivity contribution is 14.1. The number of methoxy groups -OCH3 is 1. The third-order valence-corrected chi connectivity index (χ3v) is 4.04. The summed E-state index contributed by atoms with van der Waals surface area (Å²) >= 11 is 1.91. The summed E-state index contributed by atoms with van der Waals surface area (Å²) < 4.78 is 48.4. The van der Waals surface area contributed by atoms with Gasteiger partial charge in [-0.1, -0.05) is 0 Å². The molecule has 0 saturated carbocycles. The van der Waals surface area contributed by atoms with Gasteiger partial charge in [0.25, 0.3) is 0 Å². The lowest BCUT2D eigenvalue weighted by atomic mass is 10.1. The molecule has 0 aromatic heterocycles. The average Bonchev–Trinajstić information content (AvgIpc) is 2.60. The molecule has 0 unspecified atom stereocenters. The minimum Gasteiger partial charge on any atom is -0.465 e. The molecule has 6 nitrogen and oxygen atoms in total. The topological polar surface area (TPSA) is 62.8 Å². The van der Waals surface area contributed by atoms with Crippen molar-refractivity contribution in [3.05, 3.63) is 50.9 Å². The third kappa shape index (κ3) is 4.19. The molecule has 0 aliphatic carbocycles. The Balaban J connectivity index is 2.60. The van der Waals surface area contributed by atoms with Crippen LogP contribution in [0.2, 0.25) is 0 Å². The monoisotopic (exact) mass is 481 g/mol. The molecular formula is C16H15F3IN3O3. The van der Waals surface area contributed by atoms with E-state index in [0.717, 1.165) is 18.2 Å². The fourth-order valence-corrected chi connectivity index (χ4v) is 2.61. The van der Waals surface area contributed by atoms with Crippen molar-refractivity contribution in [3.8, 4) is 0 Å². The van der Waals surface area contributed by atoms with Crippen molar-refractivity contribution in [2.24, 2.45) is 0 Å². The minimum absolute atomic E-state index is 0.120. The molecule has 0 aliphatic heterocycles. The summed E-state index contributed by atoms with van der Waals surface area (Å²) in [7, 11) is 3.73. The molecule has 2 aromatic carbocycles. The number of nitrogens with one attached hydrogen (secondary N) is 2. The van der Waals surface area contributed by atoms with Crippen molar-refractivity contribution >= 4 is 45.6 Å². The number of anilines is 3. The highest BCUT2D eigenvalue weighted by atomic mass is 127. The molecular weight excluding hydrogens is 466 g/mol. The zero-order chi connectivity index (χ0) is 19.4. The Morgan fingerprint density at radius 2 is 1.85 bits per heavy atom. The number of rotatable bonds is 6. The number of hydrogen-bond donors (Lipinski definition) is 2. The van der Waals surface area contributed by atoms with E-state index in [1.54, 1.807) is 6.07 Å². The number of hydrazine groups is 1. The van der Waals surface area contributed by atoms with E-state index >= 15 is 0 Å². The normalized spacial score (nSPS) is 10.6. The van der Waals surface area contributed by atoms with Gasteiger partial charge in [-0.2, -0.15) is 0 Å². The summed E-state index contributed by atoms with van der Waals surface area (Å²) in [5.74, 6) is -4.25. The van der Waals surface area contributed by atoms with E-state index in [1.807, 2.05) is 22.6 Å². The first-order valence-electron chi connectivity index (χ1n) is 7.14. The Kier molecular flexibility index (Phi) is 6.67. The van der Waals surface area contributed by atoms with E-state index < -0.39 is 29.1 Å². The standard InChI is InChI=1S/C16H15F3IN3O3/c1-23(22-26-3)12-7-9(16(24)25-2)15(14(19)13(12)18)21-11-5-4-8(20)6-10(11)17/h4-7,21-22H,1-3H3. The second kappa shape index (κ2) is 8.56. The Labute approximate surface area is 161 Å².